The molecule has 0 saturated carbocycles. The van der Waals surface area contributed by atoms with Crippen LogP contribution in [-0.2, 0) is 22.6 Å². The minimum absolute atomic E-state index is 0.0989. The van der Waals surface area contributed by atoms with E-state index in [-0.39, 0.29) is 23.9 Å². The Kier molecular flexibility index (Phi) is 5.34. The van der Waals surface area contributed by atoms with Gasteiger partial charge in [-0.25, -0.2) is 0 Å². The topological polar surface area (TPSA) is 54.8 Å². The fraction of sp³-hybridized carbons (Fsp3) is 0.481. The average Bonchev–Trinajstić information content (AvgIpc) is 3.38. The van der Waals surface area contributed by atoms with Crippen molar-refractivity contribution in [2.45, 2.75) is 71.6 Å². The van der Waals surface area contributed by atoms with Crippen molar-refractivity contribution < 1.29 is 14.3 Å². The van der Waals surface area contributed by atoms with Crippen LogP contribution in [0.4, 0.5) is 0 Å². The van der Waals surface area contributed by atoms with E-state index >= 15 is 0 Å². The molecule has 4 heterocycles. The Morgan fingerprint density at radius 3 is 2.58 bits per heavy atom. The normalized spacial score (nSPS) is 23.8. The number of allylic oxidation sites excluding steroid dienone is 3. The van der Waals surface area contributed by atoms with E-state index in [1.807, 2.05) is 15.9 Å². The molecule has 33 heavy (non-hydrogen) atoms. The maximum atomic E-state index is 13.7. The largest absolute Gasteiger partial charge is 0.497 e. The standard InChI is InChI=1S/C27H33N3O3/c1-16(2)10-12-28-22-14-18(33-5)8-9-19(22)20-15-24-26(31)29-11-6-7-21(29)27(32)30(24)23(25(20)28)13-17(3)4/h8-10,13-14,21,23-24H,6-7,11-12,15H2,1-5H3/t21-,23-,24-/m0/s1. The lowest BCUT2D eigenvalue weighted by atomic mass is 9.87. The van der Waals surface area contributed by atoms with Crippen molar-refractivity contribution in [1.29, 1.82) is 0 Å². The van der Waals surface area contributed by atoms with Gasteiger partial charge in [0.2, 0.25) is 11.8 Å². The summed E-state index contributed by atoms with van der Waals surface area (Å²) in [7, 11) is 1.68. The third-order valence-electron chi connectivity index (χ3n) is 7.27. The summed E-state index contributed by atoms with van der Waals surface area (Å²) >= 11 is 0. The van der Waals surface area contributed by atoms with Crippen molar-refractivity contribution in [3.63, 3.8) is 0 Å². The van der Waals surface area contributed by atoms with Crippen LogP contribution < -0.4 is 4.74 Å². The molecule has 3 atom stereocenters. The van der Waals surface area contributed by atoms with Crippen molar-refractivity contribution in [2.75, 3.05) is 13.7 Å². The Morgan fingerprint density at radius 2 is 1.88 bits per heavy atom. The van der Waals surface area contributed by atoms with E-state index in [0.717, 1.165) is 40.8 Å². The van der Waals surface area contributed by atoms with Crippen molar-refractivity contribution in [3.05, 3.63) is 52.8 Å². The molecule has 3 aliphatic heterocycles. The van der Waals surface area contributed by atoms with Crippen LogP contribution in [0.25, 0.3) is 10.9 Å². The van der Waals surface area contributed by atoms with E-state index in [4.69, 9.17) is 4.74 Å². The van der Waals surface area contributed by atoms with Gasteiger partial charge in [0.05, 0.1) is 18.7 Å². The molecule has 2 amide bonds. The van der Waals surface area contributed by atoms with Crippen molar-refractivity contribution in [3.8, 4) is 5.75 Å². The quantitative estimate of drug-likeness (QED) is 0.654. The number of piperazine rings is 1. The summed E-state index contributed by atoms with van der Waals surface area (Å²) < 4.78 is 7.86. The second-order valence-corrected chi connectivity index (χ2v) is 9.98. The highest BCUT2D eigenvalue weighted by Gasteiger charge is 2.52. The first-order valence-electron chi connectivity index (χ1n) is 11.9. The molecule has 1 aromatic carbocycles. The summed E-state index contributed by atoms with van der Waals surface area (Å²) in [5, 5.41) is 1.14. The number of methoxy groups -OCH3 is 1. The van der Waals surface area contributed by atoms with Crippen LogP contribution in [0.1, 0.15) is 57.8 Å². The molecule has 6 nitrogen and oxygen atoms in total. The zero-order valence-corrected chi connectivity index (χ0v) is 20.2. The van der Waals surface area contributed by atoms with Crippen molar-refractivity contribution in [2.24, 2.45) is 0 Å². The maximum absolute atomic E-state index is 13.7. The summed E-state index contributed by atoms with van der Waals surface area (Å²) in [5.74, 6) is 1.01. The van der Waals surface area contributed by atoms with E-state index in [9.17, 15) is 9.59 Å². The Labute approximate surface area is 195 Å². The van der Waals surface area contributed by atoms with E-state index in [2.05, 4.69) is 56.5 Å². The maximum Gasteiger partial charge on any atom is 0.246 e. The Bertz CT molecular complexity index is 1200. The lowest BCUT2D eigenvalue weighted by Crippen LogP contribution is -2.65. The number of carbonyl (C=O) groups is 2. The average molecular weight is 448 g/mol. The van der Waals surface area contributed by atoms with Crippen LogP contribution in [-0.4, -0.2) is 51.9 Å². The molecule has 0 spiro atoms. The molecule has 0 N–H and O–H groups in total. The van der Waals surface area contributed by atoms with Crippen molar-refractivity contribution >= 4 is 22.7 Å². The highest BCUT2D eigenvalue weighted by Crippen LogP contribution is 2.45. The Morgan fingerprint density at radius 1 is 1.09 bits per heavy atom. The second-order valence-electron chi connectivity index (χ2n) is 9.98. The number of hydrogen-bond acceptors (Lipinski definition) is 3. The van der Waals surface area contributed by atoms with Crippen molar-refractivity contribution in [1.82, 2.24) is 14.4 Å². The first-order chi connectivity index (χ1) is 15.8. The van der Waals surface area contributed by atoms with Gasteiger partial charge < -0.3 is 19.1 Å². The van der Waals surface area contributed by atoms with E-state index in [0.29, 0.717) is 19.5 Å². The Hall–Kier alpha value is -3.02. The molecule has 0 bridgehead atoms. The lowest BCUT2D eigenvalue weighted by Gasteiger charge is -2.48. The van der Waals surface area contributed by atoms with Gasteiger partial charge in [-0.05, 0) is 58.2 Å². The number of nitrogens with zero attached hydrogens (tertiary/aromatic N) is 3. The molecule has 2 fully saturated rings. The summed E-state index contributed by atoms with van der Waals surface area (Å²) in [6.45, 7) is 9.73. The molecule has 3 aliphatic rings. The smallest absolute Gasteiger partial charge is 0.246 e. The SMILES string of the molecule is COc1ccc2c3c(n(CC=C(C)C)c2c1)[C@H](C=C(C)C)N1C(=O)[C@@H]2CCCN2C(=O)[C@@H]1C3. The molecule has 0 unspecified atom stereocenters. The van der Waals surface area contributed by atoms with Crippen LogP contribution >= 0.6 is 0 Å². The molecule has 6 heteroatoms. The molecule has 2 saturated heterocycles. The monoisotopic (exact) mass is 447 g/mol. The summed E-state index contributed by atoms with van der Waals surface area (Å²) in [6, 6.07) is 5.16. The Balaban J connectivity index is 1.77. The van der Waals surface area contributed by atoms with Crippen LogP contribution in [0.15, 0.2) is 41.5 Å². The molecule has 174 valence electrons. The highest BCUT2D eigenvalue weighted by molar-refractivity contribution is 5.99. The molecular formula is C27H33N3O3. The second kappa shape index (κ2) is 8.08. The van der Waals surface area contributed by atoms with Gasteiger partial charge in [-0.2, -0.15) is 0 Å². The number of rotatable bonds is 4. The minimum atomic E-state index is -0.440. The summed E-state index contributed by atoms with van der Waals surface area (Å²) in [5.41, 5.74) is 5.77. The number of hydrogen-bond donors (Lipinski definition) is 0. The van der Waals surface area contributed by atoms with E-state index < -0.39 is 6.04 Å². The van der Waals surface area contributed by atoms with E-state index in [1.165, 1.54) is 11.1 Å². The molecule has 0 aliphatic carbocycles. The van der Waals surface area contributed by atoms with Gasteiger partial charge in [-0.1, -0.05) is 23.3 Å². The van der Waals surface area contributed by atoms with Gasteiger partial charge in [0.1, 0.15) is 17.8 Å². The molecule has 5 rings (SSSR count). The molecule has 2 aromatic rings. The zero-order valence-electron chi connectivity index (χ0n) is 20.2. The van der Waals surface area contributed by atoms with Gasteiger partial charge in [0.25, 0.3) is 0 Å². The third-order valence-corrected chi connectivity index (χ3v) is 7.27. The van der Waals surface area contributed by atoms with Gasteiger partial charge in [0.15, 0.2) is 0 Å². The summed E-state index contributed by atoms with van der Waals surface area (Å²) in [6.07, 6.45) is 6.60. The van der Waals surface area contributed by atoms with Gasteiger partial charge in [-0.3, -0.25) is 9.59 Å². The van der Waals surface area contributed by atoms with Crippen LogP contribution in [0, 0.1) is 0 Å². The van der Waals surface area contributed by atoms with Gasteiger partial charge in [-0.15, -0.1) is 0 Å². The first-order valence-corrected chi connectivity index (χ1v) is 11.9. The fourth-order valence-electron chi connectivity index (χ4n) is 5.81. The van der Waals surface area contributed by atoms with Gasteiger partial charge >= 0.3 is 0 Å². The molecular weight excluding hydrogens is 414 g/mol. The molecule has 1 aromatic heterocycles. The molecule has 0 radical (unpaired) electrons. The number of ether oxygens (including phenoxy) is 1. The predicted octanol–water partition coefficient (Wildman–Crippen LogP) is 4.38. The van der Waals surface area contributed by atoms with Gasteiger partial charge in [0, 0.05) is 36.7 Å². The number of fused-ring (bicyclic) bond motifs is 5. The highest BCUT2D eigenvalue weighted by atomic mass is 16.5. The number of carbonyl (C=O) groups excluding carboxylic acids is 2. The van der Waals surface area contributed by atoms with Crippen LogP contribution in [0.5, 0.6) is 5.75 Å². The minimum Gasteiger partial charge on any atom is -0.497 e. The number of benzene rings is 1. The first kappa shape index (κ1) is 21.8. The number of aromatic nitrogens is 1. The lowest BCUT2D eigenvalue weighted by molar-refractivity contribution is -0.162. The predicted molar refractivity (Wildman–Crippen MR) is 129 cm³/mol. The third kappa shape index (κ3) is 3.38. The zero-order chi connectivity index (χ0) is 23.4. The van der Waals surface area contributed by atoms with Crippen LogP contribution in [0.2, 0.25) is 0 Å². The fourth-order valence-corrected chi connectivity index (χ4v) is 5.81. The summed E-state index contributed by atoms with van der Waals surface area (Å²) in [4.78, 5) is 31.0. The number of amides is 2. The van der Waals surface area contributed by atoms with E-state index in [1.54, 1.807) is 7.11 Å². The van der Waals surface area contributed by atoms with Crippen LogP contribution in [0.3, 0.4) is 0 Å².